The van der Waals surface area contributed by atoms with Crippen LogP contribution in [-0.2, 0) is 9.78 Å². The van der Waals surface area contributed by atoms with Gasteiger partial charge in [-0.1, -0.05) is 20.3 Å². The smallest absolute Gasteiger partial charge is 0.0871 e. The number of rotatable bonds is 7. The lowest BCUT2D eigenvalue weighted by Crippen LogP contribution is -2.17. The molecule has 0 aliphatic carbocycles. The van der Waals surface area contributed by atoms with Crippen molar-refractivity contribution in [3.8, 4) is 0 Å². The van der Waals surface area contributed by atoms with Crippen LogP contribution < -0.4 is 0 Å². The van der Waals surface area contributed by atoms with Gasteiger partial charge in [-0.05, 0) is 12.3 Å². The molecule has 4 nitrogen and oxygen atoms in total. The summed E-state index contributed by atoms with van der Waals surface area (Å²) in [7, 11) is 0. The molecular weight excluding hydrogens is 160 g/mol. The normalized spacial score (nSPS) is 13.8. The maximum absolute atomic E-state index is 8.21. The second-order valence-corrected chi connectivity index (χ2v) is 3.21. The third kappa shape index (κ3) is 5.49. The van der Waals surface area contributed by atoms with Crippen molar-refractivity contribution >= 4 is 0 Å². The first-order chi connectivity index (χ1) is 5.74. The van der Waals surface area contributed by atoms with Gasteiger partial charge in [0, 0.05) is 5.92 Å². The van der Waals surface area contributed by atoms with Crippen molar-refractivity contribution in [1.82, 2.24) is 0 Å². The lowest BCUT2D eigenvalue weighted by molar-refractivity contribution is -0.282. The Kier molecular flexibility index (Phi) is 7.39. The van der Waals surface area contributed by atoms with Gasteiger partial charge in [-0.3, -0.25) is 10.5 Å². The number of hydrogen-bond donors (Lipinski definition) is 2. The molecule has 0 rings (SSSR count). The minimum Gasteiger partial charge on any atom is -0.252 e. The first-order valence-electron chi connectivity index (χ1n) is 4.27. The lowest BCUT2D eigenvalue weighted by Gasteiger charge is -2.16. The molecule has 0 radical (unpaired) electrons. The maximum atomic E-state index is 8.21. The van der Waals surface area contributed by atoms with E-state index in [0.29, 0.717) is 5.92 Å². The molecule has 0 aliphatic heterocycles. The molecule has 0 bridgehead atoms. The van der Waals surface area contributed by atoms with Gasteiger partial charge >= 0.3 is 0 Å². The zero-order chi connectivity index (χ0) is 9.40. The summed E-state index contributed by atoms with van der Waals surface area (Å²) in [6.45, 7) is 4.64. The molecule has 0 aliphatic rings. The molecule has 74 valence electrons. The third-order valence-corrected chi connectivity index (χ3v) is 2.05. The third-order valence-electron chi connectivity index (χ3n) is 2.05. The van der Waals surface area contributed by atoms with Gasteiger partial charge in [0.05, 0.1) is 13.2 Å². The highest BCUT2D eigenvalue weighted by Crippen LogP contribution is 2.15. The Balaban J connectivity index is 3.61. The molecule has 0 heterocycles. The molecule has 0 aromatic carbocycles. The standard InChI is InChI=1S/C8H18O4/c1-3-7(2)4-8(5-11-9)6-12-10/h7-10H,3-6H2,1-2H3/t7-/m0/s1. The second-order valence-electron chi connectivity index (χ2n) is 3.21. The van der Waals surface area contributed by atoms with E-state index < -0.39 is 0 Å². The van der Waals surface area contributed by atoms with Gasteiger partial charge in [-0.15, -0.1) is 0 Å². The van der Waals surface area contributed by atoms with E-state index >= 15 is 0 Å². The molecule has 0 aromatic rings. The van der Waals surface area contributed by atoms with Gasteiger partial charge < -0.3 is 0 Å². The van der Waals surface area contributed by atoms with Crippen molar-refractivity contribution in [3.05, 3.63) is 0 Å². The highest BCUT2D eigenvalue weighted by atomic mass is 17.1. The van der Waals surface area contributed by atoms with Crippen LogP contribution in [0.1, 0.15) is 26.7 Å². The van der Waals surface area contributed by atoms with Gasteiger partial charge in [0.15, 0.2) is 0 Å². The molecule has 1 atom stereocenters. The van der Waals surface area contributed by atoms with Crippen molar-refractivity contribution in [3.63, 3.8) is 0 Å². The summed E-state index contributed by atoms with van der Waals surface area (Å²) < 4.78 is 0. The molecule has 2 N–H and O–H groups in total. The highest BCUT2D eigenvalue weighted by Gasteiger charge is 2.13. The molecule has 12 heavy (non-hydrogen) atoms. The van der Waals surface area contributed by atoms with E-state index in [1.54, 1.807) is 0 Å². The fourth-order valence-electron chi connectivity index (χ4n) is 1.13. The van der Waals surface area contributed by atoms with E-state index in [-0.39, 0.29) is 19.1 Å². The Morgan fingerprint density at radius 1 is 1.17 bits per heavy atom. The molecule has 0 fully saturated rings. The summed E-state index contributed by atoms with van der Waals surface area (Å²) in [5.41, 5.74) is 0. The molecule has 0 amide bonds. The summed E-state index contributed by atoms with van der Waals surface area (Å²) in [6.07, 6.45) is 1.96. The van der Waals surface area contributed by atoms with Crippen LogP contribution in [0.25, 0.3) is 0 Å². The molecule has 0 saturated heterocycles. The summed E-state index contributed by atoms with van der Waals surface area (Å²) in [5, 5.41) is 16.4. The summed E-state index contributed by atoms with van der Waals surface area (Å²) in [4.78, 5) is 8.02. The zero-order valence-corrected chi connectivity index (χ0v) is 7.69. The minimum absolute atomic E-state index is 0.0648. The van der Waals surface area contributed by atoms with Crippen LogP contribution in [0.2, 0.25) is 0 Å². The van der Waals surface area contributed by atoms with Gasteiger partial charge in [-0.2, -0.15) is 0 Å². The summed E-state index contributed by atoms with van der Waals surface area (Å²) in [6, 6.07) is 0. The van der Waals surface area contributed by atoms with Crippen LogP contribution in [0.5, 0.6) is 0 Å². The lowest BCUT2D eigenvalue weighted by atomic mass is 9.95. The van der Waals surface area contributed by atoms with Gasteiger partial charge in [0.25, 0.3) is 0 Å². The Labute approximate surface area is 73.0 Å². The van der Waals surface area contributed by atoms with Crippen LogP contribution in [0, 0.1) is 11.8 Å². The first kappa shape index (κ1) is 11.8. The van der Waals surface area contributed by atoms with Crippen molar-refractivity contribution in [2.45, 2.75) is 26.7 Å². The predicted molar refractivity (Wildman–Crippen MR) is 44.7 cm³/mol. The monoisotopic (exact) mass is 178 g/mol. The topological polar surface area (TPSA) is 58.9 Å². The molecule has 4 heteroatoms. The van der Waals surface area contributed by atoms with E-state index in [9.17, 15) is 0 Å². The molecule has 0 aromatic heterocycles. The second kappa shape index (κ2) is 7.49. The first-order valence-corrected chi connectivity index (χ1v) is 4.27. The van der Waals surface area contributed by atoms with E-state index in [0.717, 1.165) is 12.8 Å². The highest BCUT2D eigenvalue weighted by molar-refractivity contribution is 4.60. The largest absolute Gasteiger partial charge is 0.252 e. The average molecular weight is 178 g/mol. The van der Waals surface area contributed by atoms with E-state index in [4.69, 9.17) is 10.5 Å². The fourth-order valence-corrected chi connectivity index (χ4v) is 1.13. The summed E-state index contributed by atoms with van der Waals surface area (Å²) >= 11 is 0. The fraction of sp³-hybridized carbons (Fsp3) is 1.00. The quantitative estimate of drug-likeness (QED) is 0.462. The van der Waals surface area contributed by atoms with E-state index in [2.05, 4.69) is 23.6 Å². The SMILES string of the molecule is CC[C@H](C)CC(COO)COO. The van der Waals surface area contributed by atoms with Crippen LogP contribution in [0.4, 0.5) is 0 Å². The summed E-state index contributed by atoms with van der Waals surface area (Å²) in [5.74, 6) is 0.621. The predicted octanol–water partition coefficient (Wildman–Crippen LogP) is 2.02. The Hall–Kier alpha value is -0.160. The Morgan fingerprint density at radius 2 is 1.67 bits per heavy atom. The van der Waals surface area contributed by atoms with Crippen molar-refractivity contribution in [2.75, 3.05) is 13.2 Å². The van der Waals surface area contributed by atoms with Crippen molar-refractivity contribution in [1.29, 1.82) is 0 Å². The number of hydrogen-bond acceptors (Lipinski definition) is 4. The van der Waals surface area contributed by atoms with E-state index in [1.807, 2.05) is 0 Å². The van der Waals surface area contributed by atoms with Gasteiger partial charge in [0.1, 0.15) is 0 Å². The van der Waals surface area contributed by atoms with Gasteiger partial charge in [0.2, 0.25) is 0 Å². The van der Waals surface area contributed by atoms with E-state index in [1.165, 1.54) is 0 Å². The van der Waals surface area contributed by atoms with Crippen LogP contribution in [0.15, 0.2) is 0 Å². The Bertz CT molecular complexity index is 91.1. The van der Waals surface area contributed by atoms with Crippen molar-refractivity contribution < 1.29 is 20.3 Å². The zero-order valence-electron chi connectivity index (χ0n) is 7.69. The van der Waals surface area contributed by atoms with Crippen LogP contribution in [0.3, 0.4) is 0 Å². The van der Waals surface area contributed by atoms with Gasteiger partial charge in [-0.25, -0.2) is 9.78 Å². The van der Waals surface area contributed by atoms with Crippen molar-refractivity contribution in [2.24, 2.45) is 11.8 Å². The average Bonchev–Trinajstić information content (AvgIpc) is 2.05. The molecule has 0 unspecified atom stereocenters. The molecule has 0 saturated carbocycles. The van der Waals surface area contributed by atoms with Crippen LogP contribution >= 0.6 is 0 Å². The minimum atomic E-state index is 0.0648. The Morgan fingerprint density at radius 3 is 2.00 bits per heavy atom. The molecular formula is C8H18O4. The molecule has 0 spiro atoms. The van der Waals surface area contributed by atoms with Crippen LogP contribution in [-0.4, -0.2) is 23.7 Å². The maximum Gasteiger partial charge on any atom is 0.0871 e.